The molecule has 0 radical (unpaired) electrons. The van der Waals surface area contributed by atoms with Gasteiger partial charge in [0.25, 0.3) is 10.0 Å². The Bertz CT molecular complexity index is 936. The van der Waals surface area contributed by atoms with E-state index in [0.717, 1.165) is 0 Å². The molecule has 2 rings (SSSR count). The van der Waals surface area contributed by atoms with Crippen LogP contribution in [0.25, 0.3) is 0 Å². The molecule has 0 aliphatic heterocycles. The van der Waals surface area contributed by atoms with Crippen LogP contribution < -0.4 is 4.31 Å². The van der Waals surface area contributed by atoms with Gasteiger partial charge in [-0.25, -0.2) is 8.42 Å². The van der Waals surface area contributed by atoms with E-state index in [1.165, 1.54) is 52.5 Å². The van der Waals surface area contributed by atoms with Crippen LogP contribution in [0.1, 0.15) is 13.3 Å². The Kier molecular flexibility index (Phi) is 8.33. The maximum Gasteiger partial charge on any atom is 0.313 e. The van der Waals surface area contributed by atoms with Gasteiger partial charge in [-0.1, -0.05) is 34.8 Å². The number of hydrogen-bond acceptors (Lipinski definition) is 4. The third-order valence-corrected chi connectivity index (χ3v) is 7.55. The van der Waals surface area contributed by atoms with Gasteiger partial charge in [0.1, 0.15) is 0 Å². The van der Waals surface area contributed by atoms with Crippen LogP contribution in [0.2, 0.25) is 15.1 Å². The molecule has 0 heterocycles. The van der Waals surface area contributed by atoms with Gasteiger partial charge in [-0.3, -0.25) is 9.10 Å². The van der Waals surface area contributed by atoms with E-state index in [1.807, 2.05) is 0 Å². The van der Waals surface area contributed by atoms with Crippen molar-refractivity contribution in [2.24, 2.45) is 0 Å². The predicted molar refractivity (Wildman–Crippen MR) is 117 cm³/mol. The summed E-state index contributed by atoms with van der Waals surface area (Å²) < 4.78 is 28.0. The molecule has 0 bridgehead atoms. The van der Waals surface area contributed by atoms with Crippen LogP contribution in [-0.2, 0) is 14.8 Å². The zero-order valence-electron chi connectivity index (χ0n) is 14.8. The summed E-state index contributed by atoms with van der Waals surface area (Å²) in [6.07, 6.45) is 0.424. The van der Waals surface area contributed by atoms with Gasteiger partial charge < -0.3 is 5.11 Å². The van der Waals surface area contributed by atoms with Crippen molar-refractivity contribution >= 4 is 68.2 Å². The Morgan fingerprint density at radius 3 is 2.32 bits per heavy atom. The summed E-state index contributed by atoms with van der Waals surface area (Å²) in [6.45, 7) is 1.74. The summed E-state index contributed by atoms with van der Waals surface area (Å²) in [5.41, 5.74) is 0.264. The molecule has 1 N–H and O–H groups in total. The van der Waals surface area contributed by atoms with E-state index in [9.17, 15) is 13.2 Å². The minimum atomic E-state index is -3.96. The molecule has 1 unspecified atom stereocenters. The molecule has 0 aliphatic carbocycles. The van der Waals surface area contributed by atoms with Crippen LogP contribution in [0.15, 0.2) is 47.4 Å². The molecule has 2 aromatic carbocycles. The minimum Gasteiger partial charge on any atom is -0.481 e. The van der Waals surface area contributed by atoms with E-state index < -0.39 is 22.0 Å². The summed E-state index contributed by atoms with van der Waals surface area (Å²) in [5, 5.41) is 9.78. The Labute approximate surface area is 183 Å². The average Bonchev–Trinajstić information content (AvgIpc) is 2.62. The first-order valence-corrected chi connectivity index (χ1v) is 11.9. The topological polar surface area (TPSA) is 74.7 Å². The fourth-order valence-electron chi connectivity index (χ4n) is 2.51. The molecule has 0 spiro atoms. The fraction of sp³-hybridized carbons (Fsp3) is 0.278. The second-order valence-electron chi connectivity index (χ2n) is 5.93. The first kappa shape index (κ1) is 23.2. The summed E-state index contributed by atoms with van der Waals surface area (Å²) in [4.78, 5) is 10.8. The molecule has 0 amide bonds. The van der Waals surface area contributed by atoms with E-state index in [1.54, 1.807) is 13.0 Å². The number of carbonyl (C=O) groups is 1. The molecule has 28 heavy (non-hydrogen) atoms. The van der Waals surface area contributed by atoms with Gasteiger partial charge in [0.2, 0.25) is 0 Å². The highest BCUT2D eigenvalue weighted by molar-refractivity contribution is 7.99. The van der Waals surface area contributed by atoms with Crippen molar-refractivity contribution in [3.05, 3.63) is 57.5 Å². The molecular weight excluding hydrogens is 465 g/mol. The van der Waals surface area contributed by atoms with Crippen molar-refractivity contribution in [3.8, 4) is 0 Å². The summed E-state index contributed by atoms with van der Waals surface area (Å²) in [5.74, 6) is -0.492. The number of carboxylic acids is 1. The smallest absolute Gasteiger partial charge is 0.313 e. The average molecular weight is 483 g/mol. The van der Waals surface area contributed by atoms with E-state index >= 15 is 0 Å². The first-order valence-electron chi connectivity index (χ1n) is 8.17. The van der Waals surface area contributed by atoms with E-state index in [2.05, 4.69) is 0 Å². The number of sulfonamides is 1. The number of anilines is 1. The molecular formula is C18H18Cl3NO4S2. The highest BCUT2D eigenvalue weighted by atomic mass is 35.5. The fourth-order valence-corrected chi connectivity index (χ4v) is 5.58. The van der Waals surface area contributed by atoms with Gasteiger partial charge in [0.15, 0.2) is 0 Å². The number of nitrogens with zero attached hydrogens (tertiary/aromatic N) is 1. The molecule has 0 saturated carbocycles. The number of benzene rings is 2. The lowest BCUT2D eigenvalue weighted by molar-refractivity contribution is -0.133. The third-order valence-electron chi connectivity index (χ3n) is 3.82. The van der Waals surface area contributed by atoms with Gasteiger partial charge in [-0.15, -0.1) is 0 Å². The number of carboxylic acid groups (broad SMARTS) is 1. The van der Waals surface area contributed by atoms with Gasteiger partial charge in [0.05, 0.1) is 21.4 Å². The predicted octanol–water partition coefficient (Wildman–Crippen LogP) is 5.44. The number of rotatable bonds is 9. The zero-order chi connectivity index (χ0) is 20.9. The second-order valence-corrected chi connectivity index (χ2v) is 10.1. The molecule has 1 atom stereocenters. The van der Waals surface area contributed by atoms with Crippen molar-refractivity contribution in [2.75, 3.05) is 15.8 Å². The zero-order valence-corrected chi connectivity index (χ0v) is 18.7. The van der Waals surface area contributed by atoms with E-state index in [4.69, 9.17) is 39.9 Å². The monoisotopic (exact) mass is 481 g/mol. The Hall–Kier alpha value is -1.12. The van der Waals surface area contributed by atoms with Crippen molar-refractivity contribution in [1.29, 1.82) is 0 Å². The lowest BCUT2D eigenvalue weighted by atomic mass is 10.2. The number of thioether (sulfide) groups is 1. The van der Waals surface area contributed by atoms with E-state index in [0.29, 0.717) is 22.2 Å². The first-order chi connectivity index (χ1) is 13.1. The highest BCUT2D eigenvalue weighted by Gasteiger charge is 2.31. The maximum absolute atomic E-state index is 13.4. The third kappa shape index (κ3) is 5.94. The van der Waals surface area contributed by atoms with Gasteiger partial charge in [-0.05, 0) is 61.6 Å². The molecule has 0 fully saturated rings. The number of halogens is 3. The lowest BCUT2D eigenvalue weighted by Crippen LogP contribution is -2.39. The van der Waals surface area contributed by atoms with E-state index in [-0.39, 0.29) is 21.4 Å². The van der Waals surface area contributed by atoms with Crippen molar-refractivity contribution in [2.45, 2.75) is 24.3 Å². The number of hydrogen-bond donors (Lipinski definition) is 1. The van der Waals surface area contributed by atoms with Crippen LogP contribution in [0, 0.1) is 0 Å². The SMILES string of the molecule is CC(CCSCC(=O)O)N(c1cc(Cl)ccc1Cl)S(=O)(=O)c1ccc(Cl)cc1. The van der Waals surface area contributed by atoms with Gasteiger partial charge in [-0.2, -0.15) is 11.8 Å². The summed E-state index contributed by atoms with van der Waals surface area (Å²) in [6, 6.07) is 9.98. The Morgan fingerprint density at radius 1 is 1.11 bits per heavy atom. The summed E-state index contributed by atoms with van der Waals surface area (Å²) in [7, 11) is -3.96. The molecule has 10 heteroatoms. The minimum absolute atomic E-state index is 0.0470. The lowest BCUT2D eigenvalue weighted by Gasteiger charge is -2.31. The van der Waals surface area contributed by atoms with Crippen molar-refractivity contribution < 1.29 is 18.3 Å². The summed E-state index contributed by atoms with van der Waals surface area (Å²) >= 11 is 19.5. The maximum atomic E-state index is 13.4. The highest BCUT2D eigenvalue weighted by Crippen LogP contribution is 2.35. The molecule has 152 valence electrons. The van der Waals surface area contributed by atoms with Crippen LogP contribution >= 0.6 is 46.6 Å². The normalized spacial score (nSPS) is 12.6. The largest absolute Gasteiger partial charge is 0.481 e. The van der Waals surface area contributed by atoms with Crippen LogP contribution in [0.4, 0.5) is 5.69 Å². The Balaban J connectivity index is 2.42. The van der Waals surface area contributed by atoms with Gasteiger partial charge in [0, 0.05) is 16.1 Å². The van der Waals surface area contributed by atoms with Crippen LogP contribution in [0.3, 0.4) is 0 Å². The molecule has 2 aromatic rings. The molecule has 5 nitrogen and oxygen atoms in total. The van der Waals surface area contributed by atoms with Crippen molar-refractivity contribution in [3.63, 3.8) is 0 Å². The van der Waals surface area contributed by atoms with Gasteiger partial charge >= 0.3 is 5.97 Å². The molecule has 0 aromatic heterocycles. The molecule has 0 aliphatic rings. The second kappa shape index (κ2) is 10.1. The molecule has 0 saturated heterocycles. The van der Waals surface area contributed by atoms with Crippen LogP contribution in [-0.4, -0.2) is 37.0 Å². The number of aliphatic carboxylic acids is 1. The standard InChI is InChI=1S/C18H18Cl3NO4S2/c1-12(8-9-27-11-18(23)24)22(17-10-14(20)4-7-16(17)21)28(25,26)15-5-2-13(19)3-6-15/h2-7,10,12H,8-9,11H2,1H3,(H,23,24). The van der Waals surface area contributed by atoms with Crippen LogP contribution in [0.5, 0.6) is 0 Å². The Morgan fingerprint density at radius 2 is 1.71 bits per heavy atom. The quantitative estimate of drug-likeness (QED) is 0.482. The van der Waals surface area contributed by atoms with Crippen molar-refractivity contribution in [1.82, 2.24) is 0 Å².